The van der Waals surface area contributed by atoms with E-state index >= 15 is 0 Å². The molecule has 3 heteroatoms. The van der Waals surface area contributed by atoms with Crippen molar-refractivity contribution in [2.75, 3.05) is 24.7 Å². The third-order valence-electron chi connectivity index (χ3n) is 2.21. The Kier molecular flexibility index (Phi) is 2.33. The Balaban J connectivity index is 2.11. The number of anilines is 1. The van der Waals surface area contributed by atoms with Gasteiger partial charge in [0.05, 0.1) is 13.2 Å². The van der Waals surface area contributed by atoms with Crippen molar-refractivity contribution in [1.82, 2.24) is 0 Å². The van der Waals surface area contributed by atoms with E-state index in [0.717, 1.165) is 19.8 Å². The standard InChI is InChI=1S/C9H13NOS/c1-8-6-11-4-3-10(8)9-2-5-12-7-9/h2,5,7-8H,3-4,6H2,1H3/t8-/m1/s1. The molecule has 1 aromatic heterocycles. The lowest BCUT2D eigenvalue weighted by Gasteiger charge is -2.34. The Bertz CT molecular complexity index is 235. The fourth-order valence-corrected chi connectivity index (χ4v) is 2.18. The largest absolute Gasteiger partial charge is 0.377 e. The highest BCUT2D eigenvalue weighted by Gasteiger charge is 2.18. The molecule has 2 rings (SSSR count). The van der Waals surface area contributed by atoms with E-state index in [1.54, 1.807) is 11.3 Å². The summed E-state index contributed by atoms with van der Waals surface area (Å²) >= 11 is 1.75. The molecule has 2 heterocycles. The molecule has 0 unspecified atom stereocenters. The van der Waals surface area contributed by atoms with Crippen LogP contribution in [0.2, 0.25) is 0 Å². The van der Waals surface area contributed by atoms with Crippen LogP contribution >= 0.6 is 11.3 Å². The lowest BCUT2D eigenvalue weighted by molar-refractivity contribution is 0.0990. The van der Waals surface area contributed by atoms with Crippen LogP contribution in [0.3, 0.4) is 0 Å². The van der Waals surface area contributed by atoms with Gasteiger partial charge in [0.2, 0.25) is 0 Å². The predicted molar refractivity (Wildman–Crippen MR) is 51.9 cm³/mol. The number of morpholine rings is 1. The zero-order chi connectivity index (χ0) is 8.39. The summed E-state index contributed by atoms with van der Waals surface area (Å²) < 4.78 is 5.37. The van der Waals surface area contributed by atoms with Crippen LogP contribution in [0.25, 0.3) is 0 Å². The van der Waals surface area contributed by atoms with E-state index in [4.69, 9.17) is 4.74 Å². The van der Waals surface area contributed by atoms with Gasteiger partial charge < -0.3 is 9.64 Å². The van der Waals surface area contributed by atoms with E-state index in [9.17, 15) is 0 Å². The highest BCUT2D eigenvalue weighted by molar-refractivity contribution is 7.08. The third kappa shape index (κ3) is 1.47. The zero-order valence-electron chi connectivity index (χ0n) is 7.19. The van der Waals surface area contributed by atoms with E-state index in [1.165, 1.54) is 5.69 Å². The molecule has 1 aliphatic heterocycles. The van der Waals surface area contributed by atoms with Gasteiger partial charge in [-0.2, -0.15) is 11.3 Å². The molecule has 1 aliphatic rings. The van der Waals surface area contributed by atoms with Gasteiger partial charge in [-0.15, -0.1) is 0 Å². The number of nitrogens with zero attached hydrogens (tertiary/aromatic N) is 1. The van der Waals surface area contributed by atoms with Gasteiger partial charge in [0.15, 0.2) is 0 Å². The molecule has 66 valence electrons. The summed E-state index contributed by atoms with van der Waals surface area (Å²) in [6.07, 6.45) is 0. The molecule has 0 N–H and O–H groups in total. The molecule has 1 aromatic rings. The Morgan fingerprint density at radius 3 is 3.25 bits per heavy atom. The average molecular weight is 183 g/mol. The first-order valence-electron chi connectivity index (χ1n) is 4.24. The van der Waals surface area contributed by atoms with Crippen molar-refractivity contribution in [1.29, 1.82) is 0 Å². The quantitative estimate of drug-likeness (QED) is 0.660. The van der Waals surface area contributed by atoms with Crippen LogP contribution in [-0.4, -0.2) is 25.8 Å². The van der Waals surface area contributed by atoms with Crippen molar-refractivity contribution in [2.24, 2.45) is 0 Å². The van der Waals surface area contributed by atoms with Crippen LogP contribution in [0.15, 0.2) is 16.8 Å². The molecule has 1 saturated heterocycles. The topological polar surface area (TPSA) is 12.5 Å². The second kappa shape index (κ2) is 3.46. The molecule has 2 nitrogen and oxygen atoms in total. The molecule has 0 bridgehead atoms. The summed E-state index contributed by atoms with van der Waals surface area (Å²) in [6, 6.07) is 2.69. The van der Waals surface area contributed by atoms with Gasteiger partial charge in [-0.05, 0) is 18.4 Å². The fraction of sp³-hybridized carbons (Fsp3) is 0.556. The maximum Gasteiger partial charge on any atom is 0.0668 e. The highest BCUT2D eigenvalue weighted by Crippen LogP contribution is 2.21. The second-order valence-electron chi connectivity index (χ2n) is 3.10. The predicted octanol–water partition coefficient (Wildman–Crippen LogP) is 1.97. The van der Waals surface area contributed by atoms with Crippen LogP contribution in [-0.2, 0) is 4.74 Å². The van der Waals surface area contributed by atoms with Crippen molar-refractivity contribution in [3.63, 3.8) is 0 Å². The normalized spacial score (nSPS) is 24.4. The molecule has 0 radical (unpaired) electrons. The number of ether oxygens (including phenoxy) is 1. The number of hydrogen-bond acceptors (Lipinski definition) is 3. The summed E-state index contributed by atoms with van der Waals surface area (Å²) in [7, 11) is 0. The minimum atomic E-state index is 0.522. The minimum absolute atomic E-state index is 0.522. The van der Waals surface area contributed by atoms with Gasteiger partial charge >= 0.3 is 0 Å². The van der Waals surface area contributed by atoms with E-state index in [-0.39, 0.29) is 0 Å². The van der Waals surface area contributed by atoms with E-state index in [2.05, 4.69) is 28.7 Å². The molecule has 0 aliphatic carbocycles. The van der Waals surface area contributed by atoms with Crippen LogP contribution in [0.5, 0.6) is 0 Å². The van der Waals surface area contributed by atoms with E-state index in [0.29, 0.717) is 6.04 Å². The SMILES string of the molecule is C[C@@H]1COCCN1c1ccsc1. The molecular formula is C9H13NOS. The second-order valence-corrected chi connectivity index (χ2v) is 3.88. The van der Waals surface area contributed by atoms with Crippen molar-refractivity contribution < 1.29 is 4.74 Å². The van der Waals surface area contributed by atoms with Crippen LogP contribution in [0, 0.1) is 0 Å². The molecule has 0 spiro atoms. The summed E-state index contributed by atoms with van der Waals surface area (Å²) in [4.78, 5) is 2.40. The van der Waals surface area contributed by atoms with E-state index in [1.807, 2.05) is 0 Å². The molecule has 0 aromatic carbocycles. The van der Waals surface area contributed by atoms with E-state index < -0.39 is 0 Å². The zero-order valence-corrected chi connectivity index (χ0v) is 8.01. The van der Waals surface area contributed by atoms with Crippen molar-refractivity contribution in [2.45, 2.75) is 13.0 Å². The molecule has 1 fully saturated rings. The first kappa shape index (κ1) is 8.08. The first-order chi connectivity index (χ1) is 5.88. The molecule has 1 atom stereocenters. The van der Waals surface area contributed by atoms with Gasteiger partial charge in [0, 0.05) is 23.7 Å². The van der Waals surface area contributed by atoms with Crippen molar-refractivity contribution in [3.8, 4) is 0 Å². The third-order valence-corrected chi connectivity index (χ3v) is 2.88. The number of hydrogen-bond donors (Lipinski definition) is 0. The van der Waals surface area contributed by atoms with Gasteiger partial charge in [-0.1, -0.05) is 0 Å². The number of thiophene rings is 1. The molecule has 0 amide bonds. The van der Waals surface area contributed by atoms with Crippen molar-refractivity contribution >= 4 is 17.0 Å². The minimum Gasteiger partial charge on any atom is -0.377 e. The Hall–Kier alpha value is -0.540. The maximum atomic E-state index is 5.37. The monoisotopic (exact) mass is 183 g/mol. The summed E-state index contributed by atoms with van der Waals surface area (Å²) in [6.45, 7) is 4.95. The maximum absolute atomic E-state index is 5.37. The highest BCUT2D eigenvalue weighted by atomic mass is 32.1. The van der Waals surface area contributed by atoms with Crippen molar-refractivity contribution in [3.05, 3.63) is 16.8 Å². The van der Waals surface area contributed by atoms with Crippen LogP contribution in [0.1, 0.15) is 6.92 Å². The summed E-state index contributed by atoms with van der Waals surface area (Å²) in [5, 5.41) is 4.32. The Morgan fingerprint density at radius 2 is 2.58 bits per heavy atom. The lowest BCUT2D eigenvalue weighted by Crippen LogP contribution is -2.43. The Morgan fingerprint density at radius 1 is 1.67 bits per heavy atom. The summed E-state index contributed by atoms with van der Waals surface area (Å²) in [5.74, 6) is 0. The fourth-order valence-electron chi connectivity index (χ4n) is 1.53. The van der Waals surface area contributed by atoms with Crippen LogP contribution in [0.4, 0.5) is 5.69 Å². The molecular weight excluding hydrogens is 170 g/mol. The van der Waals surface area contributed by atoms with Gasteiger partial charge in [-0.25, -0.2) is 0 Å². The molecule has 0 saturated carbocycles. The average Bonchev–Trinajstić information content (AvgIpc) is 2.57. The molecule has 12 heavy (non-hydrogen) atoms. The Labute approximate surface area is 76.8 Å². The van der Waals surface area contributed by atoms with Gasteiger partial charge in [-0.3, -0.25) is 0 Å². The van der Waals surface area contributed by atoms with Crippen LogP contribution < -0.4 is 4.90 Å². The smallest absolute Gasteiger partial charge is 0.0668 e. The lowest BCUT2D eigenvalue weighted by atomic mass is 10.2. The van der Waals surface area contributed by atoms with Gasteiger partial charge in [0.25, 0.3) is 0 Å². The summed E-state index contributed by atoms with van der Waals surface area (Å²) in [5.41, 5.74) is 1.34. The van der Waals surface area contributed by atoms with Gasteiger partial charge in [0.1, 0.15) is 0 Å². The first-order valence-corrected chi connectivity index (χ1v) is 5.19. The number of rotatable bonds is 1.